The Balaban J connectivity index is 1.50. The molecule has 1 aromatic rings. The number of nitrogens with zero attached hydrogens (tertiary/aromatic N) is 3. The van der Waals surface area contributed by atoms with E-state index in [0.29, 0.717) is 0 Å². The highest BCUT2D eigenvalue weighted by Crippen LogP contribution is 2.18. The van der Waals surface area contributed by atoms with Crippen LogP contribution in [0.3, 0.4) is 0 Å². The molecule has 1 N–H and O–H groups in total. The van der Waals surface area contributed by atoms with Crippen molar-refractivity contribution in [2.75, 3.05) is 50.7 Å². The summed E-state index contributed by atoms with van der Waals surface area (Å²) < 4.78 is 0. The maximum absolute atomic E-state index is 4.39. The molecule has 114 valence electrons. The Kier molecular flexibility index (Phi) is 7.33. The molecule has 1 aromatic heterocycles. The van der Waals surface area contributed by atoms with E-state index in [1.54, 1.807) is 11.3 Å². The first kappa shape index (κ1) is 15.7. The van der Waals surface area contributed by atoms with Crippen LogP contribution in [0, 0.1) is 0 Å². The van der Waals surface area contributed by atoms with Gasteiger partial charge in [0, 0.05) is 37.8 Å². The third-order valence-corrected chi connectivity index (χ3v) is 4.65. The van der Waals surface area contributed by atoms with E-state index in [1.807, 2.05) is 6.20 Å². The smallest absolute Gasteiger partial charge is 0.185 e. The van der Waals surface area contributed by atoms with Gasteiger partial charge in [0.25, 0.3) is 0 Å². The number of hydrogen-bond acceptors (Lipinski definition) is 5. The van der Waals surface area contributed by atoms with Gasteiger partial charge in [-0.1, -0.05) is 13.3 Å². The Morgan fingerprint density at radius 2 is 2.00 bits per heavy atom. The maximum Gasteiger partial charge on any atom is 0.185 e. The quantitative estimate of drug-likeness (QED) is 0.709. The Labute approximate surface area is 127 Å². The lowest BCUT2D eigenvalue weighted by Crippen LogP contribution is -2.46. The monoisotopic (exact) mass is 296 g/mol. The fourth-order valence-electron chi connectivity index (χ4n) is 2.60. The third-order valence-electron chi connectivity index (χ3n) is 3.82. The molecule has 20 heavy (non-hydrogen) atoms. The van der Waals surface area contributed by atoms with Gasteiger partial charge in [0.1, 0.15) is 0 Å². The molecule has 0 amide bonds. The molecule has 5 heteroatoms. The van der Waals surface area contributed by atoms with Gasteiger partial charge in [-0.25, -0.2) is 4.98 Å². The topological polar surface area (TPSA) is 31.4 Å². The number of rotatable bonds is 9. The lowest BCUT2D eigenvalue weighted by atomic mass is 10.2. The summed E-state index contributed by atoms with van der Waals surface area (Å²) in [6, 6.07) is 0. The highest BCUT2D eigenvalue weighted by molar-refractivity contribution is 7.13. The third kappa shape index (κ3) is 5.38. The van der Waals surface area contributed by atoms with Gasteiger partial charge < -0.3 is 10.2 Å². The number of hydrogen-bond donors (Lipinski definition) is 1. The van der Waals surface area contributed by atoms with E-state index >= 15 is 0 Å². The van der Waals surface area contributed by atoms with E-state index < -0.39 is 0 Å². The molecule has 0 unspecified atom stereocenters. The minimum Gasteiger partial charge on any atom is -0.346 e. The second-order valence-electron chi connectivity index (χ2n) is 5.45. The van der Waals surface area contributed by atoms with Crippen molar-refractivity contribution >= 4 is 16.5 Å². The molecule has 0 aromatic carbocycles. The lowest BCUT2D eigenvalue weighted by Gasteiger charge is -2.34. The van der Waals surface area contributed by atoms with Crippen LogP contribution in [0.5, 0.6) is 0 Å². The van der Waals surface area contributed by atoms with Crippen LogP contribution in [0.1, 0.15) is 32.6 Å². The van der Waals surface area contributed by atoms with Crippen molar-refractivity contribution in [2.24, 2.45) is 0 Å². The maximum atomic E-state index is 4.39. The summed E-state index contributed by atoms with van der Waals surface area (Å²) in [7, 11) is 0. The molecular weight excluding hydrogens is 268 g/mol. The van der Waals surface area contributed by atoms with E-state index in [1.165, 1.54) is 63.5 Å². The predicted molar refractivity (Wildman–Crippen MR) is 87.8 cm³/mol. The summed E-state index contributed by atoms with van der Waals surface area (Å²) in [5.74, 6) is 0. The van der Waals surface area contributed by atoms with E-state index in [4.69, 9.17) is 0 Å². The van der Waals surface area contributed by atoms with Crippen molar-refractivity contribution < 1.29 is 0 Å². The van der Waals surface area contributed by atoms with Gasteiger partial charge in [0.2, 0.25) is 0 Å². The van der Waals surface area contributed by atoms with Crippen molar-refractivity contribution in [3.8, 4) is 0 Å². The highest BCUT2D eigenvalue weighted by Gasteiger charge is 2.17. The zero-order valence-corrected chi connectivity index (χ0v) is 13.5. The summed E-state index contributed by atoms with van der Waals surface area (Å²) >= 11 is 1.75. The van der Waals surface area contributed by atoms with Crippen LogP contribution in [0.15, 0.2) is 11.6 Å². The zero-order chi connectivity index (χ0) is 14.0. The number of nitrogens with one attached hydrogen (secondary N) is 1. The van der Waals surface area contributed by atoms with Crippen LogP contribution < -0.4 is 10.2 Å². The van der Waals surface area contributed by atoms with E-state index in [9.17, 15) is 0 Å². The fraction of sp³-hybridized carbons (Fsp3) is 0.800. The number of thiazole rings is 1. The molecule has 1 fully saturated rings. The van der Waals surface area contributed by atoms with Gasteiger partial charge in [-0.05, 0) is 38.9 Å². The van der Waals surface area contributed by atoms with Gasteiger partial charge in [-0.2, -0.15) is 0 Å². The molecule has 1 aliphatic heterocycles. The van der Waals surface area contributed by atoms with Crippen LogP contribution in [0.25, 0.3) is 0 Å². The standard InChI is InChI=1S/C15H28N4S/c1-2-6-16-7-4-3-5-9-18-10-12-19(13-11-18)15-17-8-14-20-15/h8,14,16H,2-7,9-13H2,1H3. The molecule has 0 atom stereocenters. The molecule has 0 spiro atoms. The SMILES string of the molecule is CCCNCCCCCN1CCN(c2nccs2)CC1. The Hall–Kier alpha value is -0.650. The molecule has 4 nitrogen and oxygen atoms in total. The molecule has 1 saturated heterocycles. The Morgan fingerprint density at radius 1 is 1.15 bits per heavy atom. The first-order valence-corrected chi connectivity index (χ1v) is 8.85. The van der Waals surface area contributed by atoms with E-state index in [2.05, 4.69) is 32.4 Å². The molecule has 0 aliphatic carbocycles. The van der Waals surface area contributed by atoms with Gasteiger partial charge in [-0.3, -0.25) is 4.90 Å². The molecule has 2 rings (SSSR count). The minimum absolute atomic E-state index is 1.13. The van der Waals surface area contributed by atoms with Crippen LogP contribution >= 0.6 is 11.3 Å². The molecule has 0 radical (unpaired) electrons. The summed E-state index contributed by atoms with van der Waals surface area (Å²) in [5, 5.41) is 6.72. The number of unbranched alkanes of at least 4 members (excludes halogenated alkanes) is 2. The average Bonchev–Trinajstić information content (AvgIpc) is 3.01. The average molecular weight is 296 g/mol. The number of anilines is 1. The number of aromatic nitrogens is 1. The first-order valence-electron chi connectivity index (χ1n) is 7.97. The Bertz CT molecular complexity index is 334. The molecule has 1 aliphatic rings. The van der Waals surface area contributed by atoms with Gasteiger partial charge in [-0.15, -0.1) is 11.3 Å². The number of piperazine rings is 1. The van der Waals surface area contributed by atoms with Crippen LogP contribution in [0.2, 0.25) is 0 Å². The summed E-state index contributed by atoms with van der Waals surface area (Å²) in [6.07, 6.45) is 7.15. The van der Waals surface area contributed by atoms with E-state index in [-0.39, 0.29) is 0 Å². The normalized spacial score (nSPS) is 16.8. The first-order chi connectivity index (χ1) is 9.90. The van der Waals surface area contributed by atoms with Crippen LogP contribution in [-0.2, 0) is 0 Å². The second-order valence-corrected chi connectivity index (χ2v) is 6.33. The lowest BCUT2D eigenvalue weighted by molar-refractivity contribution is 0.252. The van der Waals surface area contributed by atoms with Crippen LogP contribution in [0.4, 0.5) is 5.13 Å². The predicted octanol–water partition coefficient (Wildman–Crippen LogP) is 2.44. The Morgan fingerprint density at radius 3 is 2.70 bits per heavy atom. The van der Waals surface area contributed by atoms with Crippen molar-refractivity contribution in [1.29, 1.82) is 0 Å². The van der Waals surface area contributed by atoms with E-state index in [0.717, 1.165) is 13.1 Å². The van der Waals surface area contributed by atoms with Crippen molar-refractivity contribution in [3.63, 3.8) is 0 Å². The van der Waals surface area contributed by atoms with Crippen LogP contribution in [-0.4, -0.2) is 55.7 Å². The van der Waals surface area contributed by atoms with Crippen molar-refractivity contribution in [3.05, 3.63) is 11.6 Å². The molecular formula is C15H28N4S. The summed E-state index contributed by atoms with van der Waals surface area (Å²) in [4.78, 5) is 9.41. The van der Waals surface area contributed by atoms with Gasteiger partial charge in [0.15, 0.2) is 5.13 Å². The molecule has 0 bridgehead atoms. The highest BCUT2D eigenvalue weighted by atomic mass is 32.1. The second kappa shape index (κ2) is 9.32. The minimum atomic E-state index is 1.13. The molecule has 2 heterocycles. The fourth-order valence-corrected chi connectivity index (χ4v) is 3.30. The van der Waals surface area contributed by atoms with Gasteiger partial charge >= 0.3 is 0 Å². The van der Waals surface area contributed by atoms with Gasteiger partial charge in [0.05, 0.1) is 0 Å². The van der Waals surface area contributed by atoms with Crippen molar-refractivity contribution in [1.82, 2.24) is 15.2 Å². The summed E-state index contributed by atoms with van der Waals surface area (Å²) in [5.41, 5.74) is 0. The largest absolute Gasteiger partial charge is 0.346 e. The molecule has 0 saturated carbocycles. The van der Waals surface area contributed by atoms with Crippen molar-refractivity contribution in [2.45, 2.75) is 32.6 Å². The summed E-state index contributed by atoms with van der Waals surface area (Å²) in [6.45, 7) is 10.5. The zero-order valence-electron chi connectivity index (χ0n) is 12.7.